The zero-order chi connectivity index (χ0) is 21.5. The molecule has 162 valence electrons. The van der Waals surface area contributed by atoms with E-state index in [4.69, 9.17) is 4.74 Å². The molecule has 0 bridgehead atoms. The van der Waals surface area contributed by atoms with Crippen LogP contribution in [0.15, 0.2) is 30.3 Å². The molecule has 30 heavy (non-hydrogen) atoms. The van der Waals surface area contributed by atoms with Gasteiger partial charge in [-0.1, -0.05) is 6.07 Å². The van der Waals surface area contributed by atoms with E-state index < -0.39 is 11.6 Å². The number of halogens is 2. The lowest BCUT2D eigenvalue weighted by molar-refractivity contribution is -0.121. The Balaban J connectivity index is 1.44. The normalized spacial score (nSPS) is 16.5. The Morgan fingerprint density at radius 3 is 2.83 bits per heavy atom. The van der Waals surface area contributed by atoms with Gasteiger partial charge in [0.15, 0.2) is 11.6 Å². The average Bonchev–Trinajstić information content (AvgIpc) is 3.21. The van der Waals surface area contributed by atoms with E-state index in [0.717, 1.165) is 36.4 Å². The van der Waals surface area contributed by atoms with Crippen molar-refractivity contribution in [1.29, 1.82) is 0 Å². The van der Waals surface area contributed by atoms with Gasteiger partial charge >= 0.3 is 0 Å². The lowest BCUT2D eigenvalue weighted by atomic mass is 9.93. The second-order valence-electron chi connectivity index (χ2n) is 7.52. The summed E-state index contributed by atoms with van der Waals surface area (Å²) in [7, 11) is 1.63. The average molecular weight is 437 g/mol. The van der Waals surface area contributed by atoms with Gasteiger partial charge in [0, 0.05) is 38.0 Å². The number of carbonyl (C=O) groups is 2. The summed E-state index contributed by atoms with van der Waals surface area (Å²) in [5.74, 6) is -1.65. The maximum atomic E-state index is 13.2. The fourth-order valence-corrected chi connectivity index (χ4v) is 4.58. The number of likely N-dealkylation sites (tertiary alicyclic amines) is 1. The Morgan fingerprint density at radius 2 is 2.07 bits per heavy atom. The fourth-order valence-electron chi connectivity index (χ4n) is 3.63. The molecule has 0 saturated carbocycles. The van der Waals surface area contributed by atoms with Crippen molar-refractivity contribution in [2.45, 2.75) is 38.8 Å². The molecule has 3 rings (SSSR count). The van der Waals surface area contributed by atoms with Gasteiger partial charge in [0.1, 0.15) is 0 Å². The van der Waals surface area contributed by atoms with Crippen molar-refractivity contribution >= 4 is 23.2 Å². The first-order valence-electron chi connectivity index (χ1n) is 10.0. The van der Waals surface area contributed by atoms with Crippen LogP contribution in [0.25, 0.3) is 0 Å². The summed E-state index contributed by atoms with van der Waals surface area (Å²) in [5, 5.41) is 2.74. The number of nitrogens with zero attached hydrogens (tertiary/aromatic N) is 1. The molecule has 0 spiro atoms. The standard InChI is InChI=1S/C22H26F2N2O3S/c1-29-14-17-6-8-20(30-17)22(28)26-10-2-3-15(13-26)5-9-21(27)25-12-16-4-7-18(23)19(24)11-16/h4,6-8,11,15H,2-3,5,9-10,12-14H2,1H3,(H,25,27)/t15-/m1/s1. The lowest BCUT2D eigenvalue weighted by Gasteiger charge is -2.32. The van der Waals surface area contributed by atoms with Crippen LogP contribution in [0.5, 0.6) is 0 Å². The first kappa shape index (κ1) is 22.4. The van der Waals surface area contributed by atoms with E-state index in [2.05, 4.69) is 5.32 Å². The van der Waals surface area contributed by atoms with Crippen LogP contribution in [0, 0.1) is 17.6 Å². The van der Waals surface area contributed by atoms with Crippen molar-refractivity contribution in [2.75, 3.05) is 20.2 Å². The number of piperidine rings is 1. The molecule has 1 aromatic heterocycles. The van der Waals surface area contributed by atoms with E-state index in [1.54, 1.807) is 7.11 Å². The number of thiophene rings is 1. The van der Waals surface area contributed by atoms with Crippen LogP contribution in [-0.2, 0) is 22.7 Å². The minimum absolute atomic E-state index is 0.0369. The van der Waals surface area contributed by atoms with Gasteiger partial charge in [0.25, 0.3) is 5.91 Å². The summed E-state index contributed by atoms with van der Waals surface area (Å²) in [6.45, 7) is 2.04. The minimum Gasteiger partial charge on any atom is -0.379 e. The van der Waals surface area contributed by atoms with E-state index in [-0.39, 0.29) is 24.3 Å². The molecule has 1 aliphatic rings. The van der Waals surface area contributed by atoms with Gasteiger partial charge < -0.3 is 15.0 Å². The van der Waals surface area contributed by atoms with Gasteiger partial charge in [-0.05, 0) is 55.0 Å². The molecule has 1 fully saturated rings. The number of carbonyl (C=O) groups excluding carboxylic acids is 2. The molecule has 1 atom stereocenters. The van der Waals surface area contributed by atoms with Crippen molar-refractivity contribution in [2.24, 2.45) is 5.92 Å². The first-order valence-corrected chi connectivity index (χ1v) is 10.9. The molecular weight excluding hydrogens is 410 g/mol. The molecule has 1 saturated heterocycles. The molecule has 1 N–H and O–H groups in total. The summed E-state index contributed by atoms with van der Waals surface area (Å²) in [6.07, 6.45) is 2.93. The van der Waals surface area contributed by atoms with Crippen LogP contribution in [0.1, 0.15) is 45.8 Å². The maximum Gasteiger partial charge on any atom is 0.263 e. The predicted molar refractivity (Wildman–Crippen MR) is 111 cm³/mol. The molecule has 0 unspecified atom stereocenters. The highest BCUT2D eigenvalue weighted by atomic mass is 32.1. The molecule has 1 aliphatic heterocycles. The number of hydrogen-bond donors (Lipinski definition) is 1. The van der Waals surface area contributed by atoms with Crippen LogP contribution in [-0.4, -0.2) is 36.9 Å². The van der Waals surface area contributed by atoms with Gasteiger partial charge in [0.2, 0.25) is 5.91 Å². The summed E-state index contributed by atoms with van der Waals surface area (Å²) in [4.78, 5) is 28.5. The minimum atomic E-state index is -0.922. The highest BCUT2D eigenvalue weighted by molar-refractivity contribution is 7.14. The van der Waals surface area contributed by atoms with Crippen molar-refractivity contribution in [3.63, 3.8) is 0 Å². The largest absolute Gasteiger partial charge is 0.379 e. The Morgan fingerprint density at radius 1 is 1.23 bits per heavy atom. The Bertz CT molecular complexity index is 887. The molecular formula is C22H26F2N2O3S. The molecule has 2 amide bonds. The molecule has 5 nitrogen and oxygen atoms in total. The van der Waals surface area contributed by atoms with Crippen molar-refractivity contribution < 1.29 is 23.1 Å². The first-order chi connectivity index (χ1) is 14.5. The van der Waals surface area contributed by atoms with E-state index in [9.17, 15) is 18.4 Å². The van der Waals surface area contributed by atoms with Crippen molar-refractivity contribution in [3.8, 4) is 0 Å². The van der Waals surface area contributed by atoms with Crippen LogP contribution in [0.3, 0.4) is 0 Å². The molecule has 8 heteroatoms. The highest BCUT2D eigenvalue weighted by Gasteiger charge is 2.25. The number of amides is 2. The molecule has 0 aliphatic carbocycles. The SMILES string of the molecule is COCc1ccc(C(=O)N2CCC[C@H](CCC(=O)NCc3ccc(F)c(F)c3)C2)s1. The number of benzene rings is 1. The highest BCUT2D eigenvalue weighted by Crippen LogP contribution is 2.25. The van der Waals surface area contributed by atoms with Crippen LogP contribution >= 0.6 is 11.3 Å². The van der Waals surface area contributed by atoms with Crippen LogP contribution < -0.4 is 5.32 Å². The molecule has 1 aromatic carbocycles. The summed E-state index contributed by atoms with van der Waals surface area (Å²) < 4.78 is 31.3. The van der Waals surface area contributed by atoms with Gasteiger partial charge in [-0.3, -0.25) is 9.59 Å². The van der Waals surface area contributed by atoms with Gasteiger partial charge in [-0.2, -0.15) is 0 Å². The predicted octanol–water partition coefficient (Wildman–Crippen LogP) is 4.12. The maximum absolute atomic E-state index is 13.2. The van der Waals surface area contributed by atoms with Gasteiger partial charge in [-0.25, -0.2) is 8.78 Å². The zero-order valence-corrected chi connectivity index (χ0v) is 17.8. The summed E-state index contributed by atoms with van der Waals surface area (Å²) >= 11 is 1.45. The number of nitrogens with one attached hydrogen (secondary N) is 1. The Kier molecular flexibility index (Phi) is 7.93. The van der Waals surface area contributed by atoms with E-state index in [0.29, 0.717) is 36.4 Å². The van der Waals surface area contributed by atoms with E-state index in [1.807, 2.05) is 17.0 Å². The molecule has 2 aromatic rings. The second kappa shape index (κ2) is 10.6. The Hall–Kier alpha value is -2.32. The van der Waals surface area contributed by atoms with Gasteiger partial charge in [-0.15, -0.1) is 11.3 Å². The summed E-state index contributed by atoms with van der Waals surface area (Å²) in [6, 6.07) is 7.35. The topological polar surface area (TPSA) is 58.6 Å². The quantitative estimate of drug-likeness (QED) is 0.677. The number of hydrogen-bond acceptors (Lipinski definition) is 4. The Labute approximate surface area is 179 Å². The molecule has 2 heterocycles. The van der Waals surface area contributed by atoms with Gasteiger partial charge in [0.05, 0.1) is 11.5 Å². The lowest BCUT2D eigenvalue weighted by Crippen LogP contribution is -2.40. The van der Waals surface area contributed by atoms with Crippen LogP contribution in [0.4, 0.5) is 8.78 Å². The molecule has 0 radical (unpaired) electrons. The third-order valence-corrected chi connectivity index (χ3v) is 6.27. The second-order valence-corrected chi connectivity index (χ2v) is 8.69. The monoisotopic (exact) mass is 436 g/mol. The zero-order valence-electron chi connectivity index (χ0n) is 17.0. The fraction of sp³-hybridized carbons (Fsp3) is 0.455. The third-order valence-electron chi connectivity index (χ3n) is 5.22. The van der Waals surface area contributed by atoms with Crippen LogP contribution in [0.2, 0.25) is 0 Å². The smallest absolute Gasteiger partial charge is 0.263 e. The van der Waals surface area contributed by atoms with Crippen molar-refractivity contribution in [1.82, 2.24) is 10.2 Å². The van der Waals surface area contributed by atoms with E-state index >= 15 is 0 Å². The number of ether oxygens (including phenoxy) is 1. The summed E-state index contributed by atoms with van der Waals surface area (Å²) in [5.41, 5.74) is 0.514. The van der Waals surface area contributed by atoms with E-state index in [1.165, 1.54) is 17.4 Å². The third kappa shape index (κ3) is 6.09. The van der Waals surface area contributed by atoms with Crippen molar-refractivity contribution in [3.05, 3.63) is 57.3 Å². The number of methoxy groups -OCH3 is 1. The number of rotatable bonds is 8.